The molecule has 10 heteroatoms. The van der Waals surface area contributed by atoms with Crippen molar-refractivity contribution in [2.75, 3.05) is 6.61 Å². The van der Waals surface area contributed by atoms with E-state index in [1.807, 2.05) is 0 Å². The Morgan fingerprint density at radius 1 is 1.27 bits per heavy atom. The lowest BCUT2D eigenvalue weighted by atomic mass is 10.1. The number of imidazole rings is 1. The number of carbonyl (C=O) groups excluding carboxylic acids is 2. The van der Waals surface area contributed by atoms with E-state index in [0.29, 0.717) is 16.1 Å². The molecule has 2 heterocycles. The van der Waals surface area contributed by atoms with Crippen molar-refractivity contribution >= 4 is 46.2 Å². The van der Waals surface area contributed by atoms with Gasteiger partial charge in [-0.25, -0.2) is 9.37 Å². The summed E-state index contributed by atoms with van der Waals surface area (Å²) in [4.78, 5) is 26.5. The SMILES string of the molecule is CC(=O)OC[C@H]1O[C@@H](n2cnc3cc(Cl)c(Cl)cc32)[C@H](F)[C@@H]1OC(C)=O. The summed E-state index contributed by atoms with van der Waals surface area (Å²) in [5.74, 6) is -1.22. The van der Waals surface area contributed by atoms with Crippen LogP contribution in [0.1, 0.15) is 20.1 Å². The normalized spacial score (nSPS) is 25.4. The van der Waals surface area contributed by atoms with Crippen molar-refractivity contribution in [2.45, 2.75) is 38.5 Å². The number of alkyl halides is 1. The number of aromatic nitrogens is 2. The van der Waals surface area contributed by atoms with Gasteiger partial charge in [0.15, 0.2) is 18.5 Å². The Hall–Kier alpha value is -1.90. The number of halogens is 3. The maximum Gasteiger partial charge on any atom is 0.303 e. The third kappa shape index (κ3) is 3.62. The Labute approximate surface area is 157 Å². The maximum atomic E-state index is 15.0. The maximum absolute atomic E-state index is 15.0. The first-order chi connectivity index (χ1) is 12.3. The molecule has 2 aromatic rings. The summed E-state index contributed by atoms with van der Waals surface area (Å²) in [7, 11) is 0. The van der Waals surface area contributed by atoms with Gasteiger partial charge in [0, 0.05) is 13.8 Å². The molecule has 1 aromatic carbocycles. The van der Waals surface area contributed by atoms with Crippen LogP contribution in [0.25, 0.3) is 11.0 Å². The van der Waals surface area contributed by atoms with Crippen LogP contribution in [0.2, 0.25) is 10.0 Å². The summed E-state index contributed by atoms with van der Waals surface area (Å²) in [6.45, 7) is 2.13. The number of benzene rings is 1. The number of ether oxygens (including phenoxy) is 3. The third-order valence-corrected chi connectivity index (χ3v) is 4.63. The van der Waals surface area contributed by atoms with Crippen LogP contribution in [0.15, 0.2) is 18.5 Å². The summed E-state index contributed by atoms with van der Waals surface area (Å²) < 4.78 is 32.1. The largest absolute Gasteiger partial charge is 0.463 e. The predicted molar refractivity (Wildman–Crippen MR) is 90.7 cm³/mol. The number of rotatable bonds is 4. The van der Waals surface area contributed by atoms with E-state index in [0.717, 1.165) is 6.92 Å². The molecule has 7 nitrogen and oxygen atoms in total. The van der Waals surface area contributed by atoms with E-state index in [-0.39, 0.29) is 11.6 Å². The standard InChI is InChI=1S/C16H15Cl2FN2O5/c1-7(22)24-5-13-15(25-8(2)23)14(19)16(26-13)21-6-20-11-3-9(17)10(18)4-12(11)21/h3-4,6,13-16H,5H2,1-2H3/t13-,14-,15-,16-/m1/s1. The smallest absolute Gasteiger partial charge is 0.303 e. The topological polar surface area (TPSA) is 79.7 Å². The number of nitrogens with zero attached hydrogens (tertiary/aromatic N) is 2. The van der Waals surface area contributed by atoms with Gasteiger partial charge in [-0.15, -0.1) is 0 Å². The molecule has 0 bridgehead atoms. The number of hydrogen-bond donors (Lipinski definition) is 0. The molecule has 0 unspecified atom stereocenters. The van der Waals surface area contributed by atoms with Crippen molar-refractivity contribution in [1.29, 1.82) is 0 Å². The van der Waals surface area contributed by atoms with Crippen molar-refractivity contribution in [3.05, 3.63) is 28.5 Å². The molecule has 1 fully saturated rings. The van der Waals surface area contributed by atoms with Crippen molar-refractivity contribution in [3.63, 3.8) is 0 Å². The minimum absolute atomic E-state index is 0.247. The Bertz CT molecular complexity index is 859. The molecule has 1 aromatic heterocycles. The lowest BCUT2D eigenvalue weighted by Gasteiger charge is -2.18. The third-order valence-electron chi connectivity index (χ3n) is 3.91. The molecule has 1 aliphatic rings. The zero-order valence-corrected chi connectivity index (χ0v) is 15.3. The molecule has 140 valence electrons. The van der Waals surface area contributed by atoms with Crippen LogP contribution in [-0.4, -0.2) is 46.5 Å². The summed E-state index contributed by atoms with van der Waals surface area (Å²) in [5, 5.41) is 0.599. The molecule has 1 saturated heterocycles. The molecule has 0 N–H and O–H groups in total. The second-order valence-corrected chi connectivity index (χ2v) is 6.61. The number of fused-ring (bicyclic) bond motifs is 1. The van der Waals surface area contributed by atoms with Crippen LogP contribution in [-0.2, 0) is 23.8 Å². The van der Waals surface area contributed by atoms with Gasteiger partial charge in [-0.2, -0.15) is 0 Å². The summed E-state index contributed by atoms with van der Waals surface area (Å²) >= 11 is 12.0. The van der Waals surface area contributed by atoms with Gasteiger partial charge >= 0.3 is 11.9 Å². The summed E-state index contributed by atoms with van der Waals surface area (Å²) in [6, 6.07) is 3.10. The van der Waals surface area contributed by atoms with E-state index in [1.165, 1.54) is 17.8 Å². The van der Waals surface area contributed by atoms with Crippen molar-refractivity contribution < 1.29 is 28.2 Å². The molecule has 0 spiro atoms. The van der Waals surface area contributed by atoms with Gasteiger partial charge in [0.05, 0.1) is 27.4 Å². The molecule has 0 aliphatic carbocycles. The van der Waals surface area contributed by atoms with Crippen molar-refractivity contribution in [1.82, 2.24) is 9.55 Å². The van der Waals surface area contributed by atoms with E-state index in [4.69, 9.17) is 37.4 Å². The highest BCUT2D eigenvalue weighted by Crippen LogP contribution is 2.37. The van der Waals surface area contributed by atoms with Crippen LogP contribution in [0, 0.1) is 0 Å². The molecule has 1 aliphatic heterocycles. The van der Waals surface area contributed by atoms with Crippen molar-refractivity contribution in [3.8, 4) is 0 Å². The Morgan fingerprint density at radius 3 is 2.62 bits per heavy atom. The lowest BCUT2D eigenvalue weighted by molar-refractivity contribution is -0.156. The zero-order valence-electron chi connectivity index (χ0n) is 13.8. The predicted octanol–water partition coefficient (Wildman–Crippen LogP) is 3.07. The quantitative estimate of drug-likeness (QED) is 0.728. The number of esters is 2. The molecular formula is C16H15Cl2FN2O5. The fourth-order valence-electron chi connectivity index (χ4n) is 2.81. The van der Waals surface area contributed by atoms with E-state index in [2.05, 4.69) is 4.98 Å². The monoisotopic (exact) mass is 404 g/mol. The molecule has 4 atom stereocenters. The van der Waals surface area contributed by atoms with E-state index < -0.39 is 36.5 Å². The van der Waals surface area contributed by atoms with Gasteiger partial charge in [0.2, 0.25) is 0 Å². The molecule has 3 rings (SSSR count). The summed E-state index contributed by atoms with van der Waals surface area (Å²) in [5.41, 5.74) is 1.00. The molecule has 0 radical (unpaired) electrons. The second-order valence-electron chi connectivity index (χ2n) is 5.79. The minimum atomic E-state index is -1.70. The Morgan fingerprint density at radius 2 is 1.96 bits per heavy atom. The Kier molecular flexibility index (Phi) is 5.36. The van der Waals surface area contributed by atoms with Gasteiger partial charge in [0.25, 0.3) is 0 Å². The van der Waals surface area contributed by atoms with Crippen LogP contribution in [0.5, 0.6) is 0 Å². The van der Waals surface area contributed by atoms with Gasteiger partial charge < -0.3 is 18.8 Å². The fourth-order valence-corrected chi connectivity index (χ4v) is 3.13. The van der Waals surface area contributed by atoms with E-state index >= 15 is 4.39 Å². The van der Waals surface area contributed by atoms with Gasteiger partial charge in [-0.3, -0.25) is 9.59 Å². The van der Waals surface area contributed by atoms with Gasteiger partial charge in [-0.05, 0) is 12.1 Å². The second kappa shape index (κ2) is 7.38. The van der Waals surface area contributed by atoms with Crippen molar-refractivity contribution in [2.24, 2.45) is 0 Å². The van der Waals surface area contributed by atoms with Crippen LogP contribution in [0.3, 0.4) is 0 Å². The summed E-state index contributed by atoms with van der Waals surface area (Å²) in [6.07, 6.45) is -3.64. The highest BCUT2D eigenvalue weighted by molar-refractivity contribution is 6.42. The van der Waals surface area contributed by atoms with Crippen LogP contribution >= 0.6 is 23.2 Å². The number of carbonyl (C=O) groups is 2. The molecule has 0 amide bonds. The first kappa shape index (κ1) is 18.9. The molecular weight excluding hydrogens is 390 g/mol. The molecule has 0 saturated carbocycles. The average molecular weight is 405 g/mol. The van der Waals surface area contributed by atoms with Crippen LogP contribution in [0.4, 0.5) is 4.39 Å². The zero-order chi connectivity index (χ0) is 19.0. The van der Waals surface area contributed by atoms with E-state index in [9.17, 15) is 9.59 Å². The lowest BCUT2D eigenvalue weighted by Crippen LogP contribution is -2.36. The van der Waals surface area contributed by atoms with Gasteiger partial charge in [0.1, 0.15) is 12.7 Å². The first-order valence-corrected chi connectivity index (χ1v) is 8.45. The number of hydrogen-bond acceptors (Lipinski definition) is 6. The highest BCUT2D eigenvalue weighted by atomic mass is 35.5. The van der Waals surface area contributed by atoms with Gasteiger partial charge in [-0.1, -0.05) is 23.2 Å². The highest BCUT2D eigenvalue weighted by Gasteiger charge is 2.49. The minimum Gasteiger partial charge on any atom is -0.463 e. The average Bonchev–Trinajstić information content (AvgIpc) is 3.08. The van der Waals surface area contributed by atoms with Crippen LogP contribution < -0.4 is 0 Å². The molecule has 26 heavy (non-hydrogen) atoms. The van der Waals surface area contributed by atoms with E-state index in [1.54, 1.807) is 12.1 Å². The first-order valence-electron chi connectivity index (χ1n) is 7.69. The fraction of sp³-hybridized carbons (Fsp3) is 0.438. The Balaban J connectivity index is 1.93.